The van der Waals surface area contributed by atoms with Crippen LogP contribution in [0, 0.1) is 5.82 Å². The van der Waals surface area contributed by atoms with Crippen LogP contribution in [0.1, 0.15) is 17.2 Å². The van der Waals surface area contributed by atoms with Crippen LogP contribution in [-0.4, -0.2) is 15.9 Å². The molecule has 6 nitrogen and oxygen atoms in total. The minimum Gasteiger partial charge on any atom is -0.473 e. The fourth-order valence-electron chi connectivity index (χ4n) is 2.33. The first-order chi connectivity index (χ1) is 12.6. The van der Waals surface area contributed by atoms with Crippen LogP contribution in [0.2, 0.25) is 0 Å². The van der Waals surface area contributed by atoms with E-state index in [1.807, 2.05) is 30.3 Å². The molecule has 0 bridgehead atoms. The van der Waals surface area contributed by atoms with Gasteiger partial charge < -0.3 is 15.8 Å². The minimum atomic E-state index is -0.889. The lowest BCUT2D eigenvalue weighted by Gasteiger charge is -2.16. The molecule has 3 rings (SSSR count). The van der Waals surface area contributed by atoms with Crippen LogP contribution >= 0.6 is 0 Å². The summed E-state index contributed by atoms with van der Waals surface area (Å²) in [5.41, 5.74) is 6.96. The molecule has 0 aliphatic heterocycles. The van der Waals surface area contributed by atoms with E-state index in [9.17, 15) is 9.18 Å². The summed E-state index contributed by atoms with van der Waals surface area (Å²) < 4.78 is 18.7. The van der Waals surface area contributed by atoms with E-state index < -0.39 is 17.8 Å². The van der Waals surface area contributed by atoms with Crippen LogP contribution in [0.4, 0.5) is 10.3 Å². The summed E-state index contributed by atoms with van der Waals surface area (Å²) in [6, 6.07) is 15.9. The Morgan fingerprint density at radius 2 is 1.85 bits per heavy atom. The molecule has 0 saturated carbocycles. The fraction of sp³-hybridized carbons (Fsp3) is 0.105. The largest absolute Gasteiger partial charge is 0.473 e. The van der Waals surface area contributed by atoms with Gasteiger partial charge in [0.05, 0.1) is 0 Å². The number of hydrogen-bond donors (Lipinski definition) is 2. The lowest BCUT2D eigenvalue weighted by atomic mass is 10.1. The number of carbonyl (C=O) groups is 1. The van der Waals surface area contributed by atoms with Gasteiger partial charge in [0.15, 0.2) is 0 Å². The van der Waals surface area contributed by atoms with Crippen molar-refractivity contribution in [2.75, 3.05) is 5.32 Å². The molecule has 1 aromatic heterocycles. The number of primary amides is 1. The molecule has 1 atom stereocenters. The Labute approximate surface area is 149 Å². The summed E-state index contributed by atoms with van der Waals surface area (Å²) in [5, 5.41) is 2.85. The smallest absolute Gasteiger partial charge is 0.244 e. The fourth-order valence-corrected chi connectivity index (χ4v) is 2.33. The third kappa shape index (κ3) is 4.54. The Kier molecular flexibility index (Phi) is 5.38. The van der Waals surface area contributed by atoms with E-state index >= 15 is 0 Å². The Balaban J connectivity index is 1.72. The molecule has 7 heteroatoms. The molecule has 1 amide bonds. The van der Waals surface area contributed by atoms with E-state index in [2.05, 4.69) is 15.3 Å². The highest BCUT2D eigenvalue weighted by Gasteiger charge is 2.19. The lowest BCUT2D eigenvalue weighted by Crippen LogP contribution is -2.28. The van der Waals surface area contributed by atoms with Gasteiger partial charge in [0.25, 0.3) is 0 Å². The Morgan fingerprint density at radius 1 is 1.12 bits per heavy atom. The number of nitrogens with two attached hydrogens (primary N) is 1. The Bertz CT molecular complexity index is 872. The molecule has 26 heavy (non-hydrogen) atoms. The molecule has 3 aromatic rings. The molecule has 0 saturated heterocycles. The number of halogens is 1. The Morgan fingerprint density at radius 3 is 2.54 bits per heavy atom. The van der Waals surface area contributed by atoms with Gasteiger partial charge in [-0.2, -0.15) is 4.98 Å². The van der Waals surface area contributed by atoms with Gasteiger partial charge >= 0.3 is 0 Å². The summed E-state index contributed by atoms with van der Waals surface area (Å²) in [4.78, 5) is 20.1. The van der Waals surface area contributed by atoms with Crippen molar-refractivity contribution < 1.29 is 13.9 Å². The molecule has 0 fully saturated rings. The second-order valence-electron chi connectivity index (χ2n) is 5.52. The number of ether oxygens (including phenoxy) is 1. The number of nitrogens with one attached hydrogen (secondary N) is 1. The SMILES string of the molecule is NC(=O)C(Nc1nccc(OCc2ccccc2)n1)c1ccc(F)cc1. The van der Waals surface area contributed by atoms with Crippen LogP contribution < -0.4 is 15.8 Å². The molecule has 0 radical (unpaired) electrons. The van der Waals surface area contributed by atoms with Gasteiger partial charge in [0.2, 0.25) is 17.7 Å². The third-order valence-electron chi connectivity index (χ3n) is 3.62. The number of nitrogens with zero attached hydrogens (tertiary/aromatic N) is 2. The zero-order valence-corrected chi connectivity index (χ0v) is 13.8. The normalized spacial score (nSPS) is 11.6. The number of aromatic nitrogens is 2. The third-order valence-corrected chi connectivity index (χ3v) is 3.62. The van der Waals surface area contributed by atoms with E-state index in [4.69, 9.17) is 10.5 Å². The molecule has 2 aromatic carbocycles. The molecule has 1 unspecified atom stereocenters. The molecule has 0 aliphatic rings. The zero-order valence-electron chi connectivity index (χ0n) is 13.8. The van der Waals surface area contributed by atoms with Crippen molar-refractivity contribution in [3.8, 4) is 5.88 Å². The molecule has 132 valence electrons. The van der Waals surface area contributed by atoms with Gasteiger partial charge in [-0.3, -0.25) is 4.79 Å². The summed E-state index contributed by atoms with van der Waals surface area (Å²) in [6.07, 6.45) is 1.51. The predicted octanol–water partition coefficient (Wildman–Crippen LogP) is 2.83. The summed E-state index contributed by atoms with van der Waals surface area (Å²) in [6.45, 7) is 0.356. The first-order valence-electron chi connectivity index (χ1n) is 7.93. The predicted molar refractivity (Wildman–Crippen MR) is 94.8 cm³/mol. The molecule has 3 N–H and O–H groups in total. The standard InChI is InChI=1S/C19H17FN4O2/c20-15-8-6-14(7-9-15)17(18(21)25)24-19-22-11-10-16(23-19)26-12-13-4-2-1-3-5-13/h1-11,17H,12H2,(H2,21,25)(H,22,23,24). The van der Waals surface area contributed by atoms with Gasteiger partial charge in [-0.25, -0.2) is 9.37 Å². The number of benzene rings is 2. The number of anilines is 1. The van der Waals surface area contributed by atoms with Crippen molar-refractivity contribution in [1.29, 1.82) is 0 Å². The maximum Gasteiger partial charge on any atom is 0.244 e. The van der Waals surface area contributed by atoms with Crippen LogP contribution in [0.15, 0.2) is 66.9 Å². The van der Waals surface area contributed by atoms with Gasteiger partial charge in [0, 0.05) is 12.3 Å². The summed E-state index contributed by atoms with van der Waals surface area (Å²) >= 11 is 0. The minimum absolute atomic E-state index is 0.184. The highest BCUT2D eigenvalue weighted by molar-refractivity contribution is 5.83. The average Bonchev–Trinajstić information content (AvgIpc) is 2.66. The van der Waals surface area contributed by atoms with Crippen LogP contribution in [-0.2, 0) is 11.4 Å². The molecule has 0 spiro atoms. The second-order valence-corrected chi connectivity index (χ2v) is 5.52. The van der Waals surface area contributed by atoms with E-state index in [0.29, 0.717) is 18.1 Å². The monoisotopic (exact) mass is 352 g/mol. The number of carbonyl (C=O) groups excluding carboxylic acids is 1. The quantitative estimate of drug-likeness (QED) is 0.682. The van der Waals surface area contributed by atoms with E-state index in [0.717, 1.165) is 5.56 Å². The van der Waals surface area contributed by atoms with Crippen molar-refractivity contribution >= 4 is 11.9 Å². The molecule has 1 heterocycles. The first-order valence-corrected chi connectivity index (χ1v) is 7.93. The van der Waals surface area contributed by atoms with Crippen LogP contribution in [0.5, 0.6) is 5.88 Å². The van der Waals surface area contributed by atoms with E-state index in [-0.39, 0.29) is 5.95 Å². The van der Waals surface area contributed by atoms with Crippen LogP contribution in [0.25, 0.3) is 0 Å². The molecular weight excluding hydrogens is 335 g/mol. The average molecular weight is 352 g/mol. The number of rotatable bonds is 7. The lowest BCUT2D eigenvalue weighted by molar-refractivity contribution is -0.118. The molecule has 0 aliphatic carbocycles. The van der Waals surface area contributed by atoms with Crippen molar-refractivity contribution in [2.45, 2.75) is 12.6 Å². The number of amides is 1. The summed E-state index contributed by atoms with van der Waals surface area (Å²) in [5.74, 6) is -0.488. The zero-order chi connectivity index (χ0) is 18.4. The van der Waals surface area contributed by atoms with Crippen molar-refractivity contribution in [2.24, 2.45) is 5.73 Å². The van der Waals surface area contributed by atoms with Gasteiger partial charge in [-0.1, -0.05) is 42.5 Å². The second kappa shape index (κ2) is 8.06. The van der Waals surface area contributed by atoms with Crippen LogP contribution in [0.3, 0.4) is 0 Å². The highest BCUT2D eigenvalue weighted by Crippen LogP contribution is 2.19. The van der Waals surface area contributed by atoms with Crippen molar-refractivity contribution in [3.05, 3.63) is 83.8 Å². The van der Waals surface area contributed by atoms with Gasteiger partial charge in [0.1, 0.15) is 18.5 Å². The summed E-state index contributed by atoms with van der Waals surface area (Å²) in [7, 11) is 0. The van der Waals surface area contributed by atoms with Crippen molar-refractivity contribution in [3.63, 3.8) is 0 Å². The van der Waals surface area contributed by atoms with Gasteiger partial charge in [-0.05, 0) is 23.3 Å². The van der Waals surface area contributed by atoms with E-state index in [1.54, 1.807) is 6.07 Å². The first kappa shape index (κ1) is 17.3. The highest BCUT2D eigenvalue weighted by atomic mass is 19.1. The van der Waals surface area contributed by atoms with E-state index in [1.165, 1.54) is 30.5 Å². The molecular formula is C19H17FN4O2. The van der Waals surface area contributed by atoms with Crippen molar-refractivity contribution in [1.82, 2.24) is 9.97 Å². The topological polar surface area (TPSA) is 90.1 Å². The maximum atomic E-state index is 13.1. The Hall–Kier alpha value is -3.48. The maximum absolute atomic E-state index is 13.1. The van der Waals surface area contributed by atoms with Gasteiger partial charge in [-0.15, -0.1) is 0 Å². The number of hydrogen-bond acceptors (Lipinski definition) is 5.